The molecule has 8 heteroatoms. The van der Waals surface area contributed by atoms with Crippen LogP contribution in [0.15, 0.2) is 17.1 Å². The van der Waals surface area contributed by atoms with E-state index in [2.05, 4.69) is 14.8 Å². The van der Waals surface area contributed by atoms with Gasteiger partial charge in [0.2, 0.25) is 11.9 Å². The fourth-order valence-corrected chi connectivity index (χ4v) is 5.29. The summed E-state index contributed by atoms with van der Waals surface area (Å²) in [5.41, 5.74) is 1.76. The molecule has 0 unspecified atom stereocenters. The van der Waals surface area contributed by atoms with E-state index in [1.807, 2.05) is 22.6 Å². The molecule has 1 saturated carbocycles. The molecule has 166 valence electrons. The number of rotatable bonds is 4. The lowest BCUT2D eigenvalue weighted by Crippen LogP contribution is -2.50. The van der Waals surface area contributed by atoms with E-state index in [-0.39, 0.29) is 17.5 Å². The summed E-state index contributed by atoms with van der Waals surface area (Å²) in [5, 5.41) is 0.963. The topological polar surface area (TPSA) is 74.6 Å². The minimum atomic E-state index is 0.0480. The van der Waals surface area contributed by atoms with Gasteiger partial charge in [0, 0.05) is 63.0 Å². The summed E-state index contributed by atoms with van der Waals surface area (Å²) < 4.78 is 1.91. The molecule has 0 bridgehead atoms. The van der Waals surface area contributed by atoms with Crippen LogP contribution in [0, 0.1) is 6.92 Å². The zero-order valence-electron chi connectivity index (χ0n) is 18.4. The van der Waals surface area contributed by atoms with E-state index < -0.39 is 0 Å². The molecule has 0 atom stereocenters. The zero-order chi connectivity index (χ0) is 21.4. The van der Waals surface area contributed by atoms with E-state index >= 15 is 0 Å². The molecule has 0 spiro atoms. The van der Waals surface area contributed by atoms with Crippen molar-refractivity contribution >= 4 is 22.9 Å². The molecule has 3 fully saturated rings. The molecular formula is C23H32N6O2. The maximum atomic E-state index is 12.8. The van der Waals surface area contributed by atoms with E-state index in [0.29, 0.717) is 12.5 Å². The highest BCUT2D eigenvalue weighted by atomic mass is 16.2. The number of hydrogen-bond donors (Lipinski definition) is 0. The van der Waals surface area contributed by atoms with Gasteiger partial charge in [-0.05, 0) is 38.2 Å². The molecule has 0 radical (unpaired) electrons. The first-order chi connectivity index (χ1) is 15.1. The maximum absolute atomic E-state index is 12.8. The normalized spacial score (nSPS) is 20.8. The van der Waals surface area contributed by atoms with Crippen LogP contribution in [-0.4, -0.2) is 76.1 Å². The van der Waals surface area contributed by atoms with Gasteiger partial charge in [-0.15, -0.1) is 0 Å². The SMILES string of the molecule is Cc1cc(=O)n(C2CCCC2)c2nc(N3CCN(CC(=O)N4CCCC4)CC3)ncc12. The monoisotopic (exact) mass is 424 g/mol. The fourth-order valence-electron chi connectivity index (χ4n) is 5.29. The summed E-state index contributed by atoms with van der Waals surface area (Å²) >= 11 is 0. The molecule has 4 heterocycles. The number of nitrogens with zero attached hydrogens (tertiary/aromatic N) is 6. The number of piperazine rings is 1. The van der Waals surface area contributed by atoms with Gasteiger partial charge in [-0.3, -0.25) is 19.1 Å². The first kappa shape index (κ1) is 20.4. The Bertz CT molecular complexity index is 1010. The van der Waals surface area contributed by atoms with Crippen molar-refractivity contribution in [3.05, 3.63) is 28.2 Å². The molecule has 2 aliphatic heterocycles. The van der Waals surface area contributed by atoms with Crippen LogP contribution in [0.4, 0.5) is 5.95 Å². The van der Waals surface area contributed by atoms with Gasteiger partial charge >= 0.3 is 0 Å². The van der Waals surface area contributed by atoms with Crippen molar-refractivity contribution in [2.45, 2.75) is 51.5 Å². The summed E-state index contributed by atoms with van der Waals surface area (Å²) in [6.07, 6.45) is 8.56. The molecular weight excluding hydrogens is 392 g/mol. The predicted molar refractivity (Wildman–Crippen MR) is 121 cm³/mol. The number of anilines is 1. The Hall–Kier alpha value is -2.48. The number of hydrogen-bond acceptors (Lipinski definition) is 6. The third-order valence-corrected chi connectivity index (χ3v) is 7.15. The Labute approximate surface area is 182 Å². The number of fused-ring (bicyclic) bond motifs is 1. The summed E-state index contributed by atoms with van der Waals surface area (Å²) in [6.45, 7) is 7.51. The molecule has 8 nitrogen and oxygen atoms in total. The second-order valence-electron chi connectivity index (χ2n) is 9.23. The number of aromatic nitrogens is 3. The van der Waals surface area contributed by atoms with Crippen molar-refractivity contribution in [1.29, 1.82) is 0 Å². The average Bonchev–Trinajstić information content (AvgIpc) is 3.49. The number of pyridine rings is 1. The minimum absolute atomic E-state index is 0.0480. The lowest BCUT2D eigenvalue weighted by atomic mass is 10.1. The second kappa shape index (κ2) is 8.57. The van der Waals surface area contributed by atoms with Gasteiger partial charge in [-0.2, -0.15) is 4.98 Å². The first-order valence-corrected chi connectivity index (χ1v) is 11.7. The lowest BCUT2D eigenvalue weighted by molar-refractivity contribution is -0.131. The van der Waals surface area contributed by atoms with E-state index in [9.17, 15) is 9.59 Å². The molecule has 31 heavy (non-hydrogen) atoms. The van der Waals surface area contributed by atoms with Gasteiger partial charge in [-0.1, -0.05) is 12.8 Å². The highest BCUT2D eigenvalue weighted by Gasteiger charge is 2.26. The summed E-state index contributed by atoms with van der Waals surface area (Å²) in [4.78, 5) is 41.2. The molecule has 0 aromatic carbocycles. The zero-order valence-corrected chi connectivity index (χ0v) is 18.4. The van der Waals surface area contributed by atoms with E-state index in [1.54, 1.807) is 6.07 Å². The molecule has 3 aliphatic rings. The smallest absolute Gasteiger partial charge is 0.252 e. The predicted octanol–water partition coefficient (Wildman–Crippen LogP) is 1.96. The van der Waals surface area contributed by atoms with Crippen LogP contribution < -0.4 is 10.5 Å². The molecule has 0 N–H and O–H groups in total. The Kier molecular flexibility index (Phi) is 5.65. The molecule has 1 aliphatic carbocycles. The van der Waals surface area contributed by atoms with E-state index in [4.69, 9.17) is 4.98 Å². The lowest BCUT2D eigenvalue weighted by Gasteiger charge is -2.35. The van der Waals surface area contributed by atoms with Gasteiger partial charge in [0.1, 0.15) is 5.65 Å². The van der Waals surface area contributed by atoms with Crippen LogP contribution in [0.3, 0.4) is 0 Å². The van der Waals surface area contributed by atoms with E-state index in [0.717, 1.165) is 81.5 Å². The van der Waals surface area contributed by atoms with Gasteiger partial charge in [0.15, 0.2) is 0 Å². The Morgan fingerprint density at radius 3 is 2.45 bits per heavy atom. The molecule has 1 amide bonds. The fraction of sp³-hybridized carbons (Fsp3) is 0.652. The molecule has 5 rings (SSSR count). The number of carbonyl (C=O) groups excluding carboxylic acids is 1. The summed E-state index contributed by atoms with van der Waals surface area (Å²) in [6, 6.07) is 1.96. The third kappa shape index (κ3) is 4.05. The van der Waals surface area contributed by atoms with Crippen LogP contribution in [0.1, 0.15) is 50.1 Å². The molecule has 2 saturated heterocycles. The highest BCUT2D eigenvalue weighted by Crippen LogP contribution is 2.31. The van der Waals surface area contributed by atoms with Gasteiger partial charge < -0.3 is 9.80 Å². The van der Waals surface area contributed by atoms with Crippen LogP contribution in [0.2, 0.25) is 0 Å². The Balaban J connectivity index is 1.33. The minimum Gasteiger partial charge on any atom is -0.342 e. The Morgan fingerprint density at radius 1 is 1.03 bits per heavy atom. The number of amides is 1. The number of carbonyl (C=O) groups is 1. The average molecular weight is 425 g/mol. The van der Waals surface area contributed by atoms with Gasteiger partial charge in [-0.25, -0.2) is 4.98 Å². The van der Waals surface area contributed by atoms with Crippen LogP contribution in [0.5, 0.6) is 0 Å². The number of likely N-dealkylation sites (tertiary alicyclic amines) is 1. The molecule has 2 aromatic heterocycles. The van der Waals surface area contributed by atoms with Crippen molar-refractivity contribution in [2.24, 2.45) is 0 Å². The van der Waals surface area contributed by atoms with Crippen molar-refractivity contribution in [2.75, 3.05) is 50.7 Å². The van der Waals surface area contributed by atoms with Gasteiger partial charge in [0.25, 0.3) is 5.56 Å². The second-order valence-corrected chi connectivity index (χ2v) is 9.23. The van der Waals surface area contributed by atoms with Crippen molar-refractivity contribution in [3.63, 3.8) is 0 Å². The quantitative estimate of drug-likeness (QED) is 0.747. The van der Waals surface area contributed by atoms with E-state index in [1.165, 1.54) is 12.8 Å². The van der Waals surface area contributed by atoms with Crippen LogP contribution in [0.25, 0.3) is 11.0 Å². The van der Waals surface area contributed by atoms with Gasteiger partial charge in [0.05, 0.1) is 6.54 Å². The van der Waals surface area contributed by atoms with Crippen LogP contribution in [-0.2, 0) is 4.79 Å². The molecule has 2 aromatic rings. The maximum Gasteiger partial charge on any atom is 0.252 e. The largest absolute Gasteiger partial charge is 0.342 e. The Morgan fingerprint density at radius 2 is 1.74 bits per heavy atom. The summed E-state index contributed by atoms with van der Waals surface area (Å²) in [5.74, 6) is 0.943. The van der Waals surface area contributed by atoms with Crippen LogP contribution >= 0.6 is 0 Å². The summed E-state index contributed by atoms with van der Waals surface area (Å²) in [7, 11) is 0. The third-order valence-electron chi connectivity index (χ3n) is 7.15. The number of aryl methyl sites for hydroxylation is 1. The first-order valence-electron chi connectivity index (χ1n) is 11.7. The van der Waals surface area contributed by atoms with Crippen molar-refractivity contribution in [3.8, 4) is 0 Å². The standard InChI is InChI=1S/C23H32N6O2/c1-17-14-20(30)29(18-6-2-3-7-18)22-19(17)15-24-23(25-22)28-12-10-26(11-13-28)16-21(31)27-8-4-5-9-27/h14-15,18H,2-13,16H2,1H3. The van der Waals surface area contributed by atoms with Crippen molar-refractivity contribution in [1.82, 2.24) is 24.3 Å². The highest BCUT2D eigenvalue weighted by molar-refractivity contribution is 5.79. The van der Waals surface area contributed by atoms with Crippen molar-refractivity contribution < 1.29 is 4.79 Å².